The SMILES string of the molecule is CC(C)CC(NC(=O)C(CS)NC(=O)C(CCC(=O)O)NC(=O)C1CCCN1)C(=O)O. The van der Waals surface area contributed by atoms with Crippen LogP contribution in [-0.2, 0) is 24.0 Å². The van der Waals surface area contributed by atoms with E-state index in [2.05, 4.69) is 33.9 Å². The van der Waals surface area contributed by atoms with E-state index in [1.807, 2.05) is 13.8 Å². The van der Waals surface area contributed by atoms with Crippen LogP contribution in [0.5, 0.6) is 0 Å². The van der Waals surface area contributed by atoms with Gasteiger partial charge in [0.05, 0.1) is 6.04 Å². The lowest BCUT2D eigenvalue weighted by atomic mass is 10.0. The highest BCUT2D eigenvalue weighted by Crippen LogP contribution is 2.08. The number of carbonyl (C=O) groups excluding carboxylic acids is 3. The summed E-state index contributed by atoms with van der Waals surface area (Å²) < 4.78 is 0. The summed E-state index contributed by atoms with van der Waals surface area (Å²) in [4.78, 5) is 59.9. The van der Waals surface area contributed by atoms with Crippen LogP contribution in [0.3, 0.4) is 0 Å². The molecule has 0 aromatic carbocycles. The largest absolute Gasteiger partial charge is 0.481 e. The lowest BCUT2D eigenvalue weighted by Gasteiger charge is -2.24. The maximum atomic E-state index is 12.7. The van der Waals surface area contributed by atoms with Gasteiger partial charge in [0.25, 0.3) is 0 Å². The standard InChI is InChI=1S/C19H32N4O7S/c1-10(2)8-13(19(29)30)22-18(28)14(9-31)23-17(27)12(5-6-15(24)25)21-16(26)11-4-3-7-20-11/h10-14,20,31H,3-9H2,1-2H3,(H,21,26)(H,22,28)(H,23,27)(H,24,25)(H,29,30). The number of aliphatic carboxylic acids is 2. The second-order valence-corrected chi connectivity index (χ2v) is 8.28. The fraction of sp³-hybridized carbons (Fsp3) is 0.737. The Morgan fingerprint density at radius 3 is 2.10 bits per heavy atom. The first-order chi connectivity index (χ1) is 14.5. The van der Waals surface area contributed by atoms with E-state index in [1.165, 1.54) is 0 Å². The van der Waals surface area contributed by atoms with Crippen molar-refractivity contribution in [2.45, 2.75) is 70.1 Å². The number of amides is 3. The summed E-state index contributed by atoms with van der Waals surface area (Å²) in [5.41, 5.74) is 0. The van der Waals surface area contributed by atoms with Crippen LogP contribution in [0.25, 0.3) is 0 Å². The highest BCUT2D eigenvalue weighted by atomic mass is 32.1. The summed E-state index contributed by atoms with van der Waals surface area (Å²) in [6.07, 6.45) is 1.11. The van der Waals surface area contributed by atoms with Crippen LogP contribution in [0.15, 0.2) is 0 Å². The molecule has 6 N–H and O–H groups in total. The number of nitrogens with one attached hydrogen (secondary N) is 4. The molecule has 0 spiro atoms. The lowest BCUT2D eigenvalue weighted by Crippen LogP contribution is -2.57. The zero-order valence-electron chi connectivity index (χ0n) is 17.7. The third kappa shape index (κ3) is 9.55. The van der Waals surface area contributed by atoms with E-state index in [0.29, 0.717) is 13.0 Å². The third-order valence-electron chi connectivity index (χ3n) is 4.79. The molecular formula is C19H32N4O7S. The molecule has 1 aliphatic heterocycles. The number of hydrogen-bond acceptors (Lipinski definition) is 7. The van der Waals surface area contributed by atoms with E-state index >= 15 is 0 Å². The van der Waals surface area contributed by atoms with Crippen LogP contribution in [0, 0.1) is 5.92 Å². The lowest BCUT2D eigenvalue weighted by molar-refractivity contribution is -0.142. The smallest absolute Gasteiger partial charge is 0.326 e. The second kappa shape index (κ2) is 13.2. The number of thiol groups is 1. The van der Waals surface area contributed by atoms with Crippen molar-refractivity contribution in [1.82, 2.24) is 21.3 Å². The van der Waals surface area contributed by atoms with E-state index in [4.69, 9.17) is 5.11 Å². The van der Waals surface area contributed by atoms with Crippen LogP contribution < -0.4 is 21.3 Å². The molecule has 1 heterocycles. The van der Waals surface area contributed by atoms with Crippen molar-refractivity contribution >= 4 is 42.3 Å². The van der Waals surface area contributed by atoms with Crippen molar-refractivity contribution in [3.63, 3.8) is 0 Å². The van der Waals surface area contributed by atoms with Gasteiger partial charge < -0.3 is 31.5 Å². The highest BCUT2D eigenvalue weighted by molar-refractivity contribution is 7.80. The fourth-order valence-electron chi connectivity index (χ4n) is 3.15. The molecule has 0 aliphatic carbocycles. The Bertz CT molecular complexity index is 668. The van der Waals surface area contributed by atoms with Gasteiger partial charge in [-0.25, -0.2) is 4.79 Å². The quantitative estimate of drug-likeness (QED) is 0.173. The highest BCUT2D eigenvalue weighted by Gasteiger charge is 2.31. The summed E-state index contributed by atoms with van der Waals surface area (Å²) in [7, 11) is 0. The minimum absolute atomic E-state index is 0.0188. The van der Waals surface area contributed by atoms with E-state index in [0.717, 1.165) is 6.42 Å². The Kier molecular flexibility index (Phi) is 11.3. The molecule has 11 nitrogen and oxygen atoms in total. The molecule has 3 amide bonds. The zero-order chi connectivity index (χ0) is 23.6. The van der Waals surface area contributed by atoms with Crippen molar-refractivity contribution in [3.05, 3.63) is 0 Å². The molecule has 4 atom stereocenters. The molecule has 176 valence electrons. The minimum Gasteiger partial charge on any atom is -0.481 e. The predicted molar refractivity (Wildman–Crippen MR) is 115 cm³/mol. The first kappa shape index (κ1) is 26.7. The van der Waals surface area contributed by atoms with E-state index in [1.54, 1.807) is 0 Å². The topological polar surface area (TPSA) is 174 Å². The summed E-state index contributed by atoms with van der Waals surface area (Å²) in [5, 5.41) is 28.6. The van der Waals surface area contributed by atoms with Crippen LogP contribution in [0.4, 0.5) is 0 Å². The van der Waals surface area contributed by atoms with Crippen molar-refractivity contribution in [3.8, 4) is 0 Å². The molecule has 0 radical (unpaired) electrons. The molecule has 0 bridgehead atoms. The molecule has 0 aromatic heterocycles. The average Bonchev–Trinajstić information content (AvgIpc) is 3.22. The molecule has 31 heavy (non-hydrogen) atoms. The summed E-state index contributed by atoms with van der Waals surface area (Å²) in [5.74, 6) is -4.30. The molecule has 12 heteroatoms. The van der Waals surface area contributed by atoms with Crippen molar-refractivity contribution in [1.29, 1.82) is 0 Å². The van der Waals surface area contributed by atoms with Gasteiger partial charge in [-0.3, -0.25) is 19.2 Å². The normalized spacial score (nSPS) is 18.6. The molecular weight excluding hydrogens is 428 g/mol. The molecule has 4 unspecified atom stereocenters. The Morgan fingerprint density at radius 1 is 1.00 bits per heavy atom. The van der Waals surface area contributed by atoms with Crippen molar-refractivity contribution in [2.75, 3.05) is 12.3 Å². The second-order valence-electron chi connectivity index (χ2n) is 7.92. The Hall–Kier alpha value is -2.34. The molecule has 1 fully saturated rings. The van der Waals surface area contributed by atoms with Crippen LogP contribution in [-0.4, -0.2) is 76.3 Å². The van der Waals surface area contributed by atoms with E-state index < -0.39 is 53.8 Å². The van der Waals surface area contributed by atoms with Gasteiger partial charge >= 0.3 is 11.9 Å². The predicted octanol–water partition coefficient (Wildman–Crippen LogP) is -0.882. The summed E-state index contributed by atoms with van der Waals surface area (Å²) in [6.45, 7) is 4.30. The third-order valence-corrected chi connectivity index (χ3v) is 5.16. The van der Waals surface area contributed by atoms with Gasteiger partial charge in [-0.05, 0) is 38.1 Å². The van der Waals surface area contributed by atoms with Crippen LogP contribution >= 0.6 is 12.6 Å². The molecule has 1 rings (SSSR count). The molecule has 1 saturated heterocycles. The van der Waals surface area contributed by atoms with Crippen molar-refractivity contribution < 1.29 is 34.2 Å². The van der Waals surface area contributed by atoms with Gasteiger partial charge in [0.15, 0.2) is 0 Å². The first-order valence-electron chi connectivity index (χ1n) is 10.2. The Labute approximate surface area is 186 Å². The van der Waals surface area contributed by atoms with E-state index in [-0.39, 0.29) is 30.9 Å². The van der Waals surface area contributed by atoms with Crippen molar-refractivity contribution in [2.24, 2.45) is 5.92 Å². The number of hydrogen-bond donors (Lipinski definition) is 7. The average molecular weight is 461 g/mol. The maximum Gasteiger partial charge on any atom is 0.326 e. The Morgan fingerprint density at radius 2 is 1.61 bits per heavy atom. The maximum absolute atomic E-state index is 12.7. The van der Waals surface area contributed by atoms with Gasteiger partial charge in [-0.2, -0.15) is 12.6 Å². The van der Waals surface area contributed by atoms with Gasteiger partial charge in [0.1, 0.15) is 18.1 Å². The number of rotatable bonds is 13. The van der Waals surface area contributed by atoms with Gasteiger partial charge in [-0.1, -0.05) is 13.8 Å². The summed E-state index contributed by atoms with van der Waals surface area (Å²) >= 11 is 4.05. The monoisotopic (exact) mass is 460 g/mol. The molecule has 0 aromatic rings. The number of carboxylic acids is 2. The number of carboxylic acid groups (broad SMARTS) is 2. The van der Waals surface area contributed by atoms with Crippen LogP contribution in [0.1, 0.15) is 46.0 Å². The van der Waals surface area contributed by atoms with Gasteiger partial charge in [0.2, 0.25) is 17.7 Å². The Balaban J connectivity index is 2.81. The molecule has 1 aliphatic rings. The van der Waals surface area contributed by atoms with E-state index in [9.17, 15) is 29.1 Å². The van der Waals surface area contributed by atoms with Gasteiger partial charge in [0, 0.05) is 12.2 Å². The van der Waals surface area contributed by atoms with Gasteiger partial charge in [-0.15, -0.1) is 0 Å². The number of carbonyl (C=O) groups is 5. The first-order valence-corrected chi connectivity index (χ1v) is 10.9. The minimum atomic E-state index is -1.19. The fourth-order valence-corrected chi connectivity index (χ4v) is 3.41. The summed E-state index contributed by atoms with van der Waals surface area (Å²) in [6, 6.07) is -3.90. The zero-order valence-corrected chi connectivity index (χ0v) is 18.6. The molecule has 0 saturated carbocycles. The van der Waals surface area contributed by atoms with Crippen LogP contribution in [0.2, 0.25) is 0 Å².